The maximum Gasteiger partial charge on any atom is 0.166 e. The van der Waals surface area contributed by atoms with Gasteiger partial charge in [-0.15, -0.1) is 0 Å². The molecule has 1 aromatic rings. The van der Waals surface area contributed by atoms with Crippen molar-refractivity contribution in [1.82, 2.24) is 0 Å². The van der Waals surface area contributed by atoms with Gasteiger partial charge in [0.25, 0.3) is 0 Å². The van der Waals surface area contributed by atoms with Crippen molar-refractivity contribution in [1.29, 1.82) is 5.26 Å². The predicted octanol–water partition coefficient (Wildman–Crippen LogP) is 2.23. The predicted molar refractivity (Wildman–Crippen MR) is 71.0 cm³/mol. The van der Waals surface area contributed by atoms with Crippen LogP contribution >= 0.6 is 0 Å². The van der Waals surface area contributed by atoms with Gasteiger partial charge in [0.15, 0.2) is 5.78 Å². The Balaban J connectivity index is 3.01. The van der Waals surface area contributed by atoms with Crippen LogP contribution in [0.5, 0.6) is 5.75 Å². The lowest BCUT2D eigenvalue weighted by Gasteiger charge is -2.22. The number of carbonyl (C=O) groups excluding carboxylic acids is 1. The number of nitriles is 1. The van der Waals surface area contributed by atoms with Crippen molar-refractivity contribution >= 4 is 11.5 Å². The lowest BCUT2D eigenvalue weighted by Crippen LogP contribution is -2.25. The Morgan fingerprint density at radius 1 is 1.44 bits per heavy atom. The van der Waals surface area contributed by atoms with E-state index in [0.717, 1.165) is 22.6 Å². The molecule has 0 aliphatic carbocycles. The fourth-order valence-electron chi connectivity index (χ4n) is 1.97. The number of carbonyl (C=O) groups is 1. The van der Waals surface area contributed by atoms with Gasteiger partial charge in [-0.25, -0.2) is 0 Å². The summed E-state index contributed by atoms with van der Waals surface area (Å²) in [5.74, 6) is 0.675. The van der Waals surface area contributed by atoms with Gasteiger partial charge in [-0.3, -0.25) is 4.79 Å². The average Bonchev–Trinajstić information content (AvgIpc) is 2.28. The van der Waals surface area contributed by atoms with Crippen LogP contribution < -0.4 is 9.64 Å². The molecule has 0 spiro atoms. The number of nitrogens with zero attached hydrogens (tertiary/aromatic N) is 2. The third-order valence-electron chi connectivity index (χ3n) is 2.70. The molecule has 1 rings (SSSR count). The molecule has 0 saturated carbocycles. The summed E-state index contributed by atoms with van der Waals surface area (Å²) in [6.45, 7) is 4.19. The van der Waals surface area contributed by atoms with E-state index in [9.17, 15) is 4.79 Å². The molecule has 0 N–H and O–H groups in total. The monoisotopic (exact) mass is 246 g/mol. The lowest BCUT2D eigenvalue weighted by molar-refractivity contribution is -0.116. The Bertz CT molecular complexity index is 489. The summed E-state index contributed by atoms with van der Waals surface area (Å²) in [5.41, 5.74) is 3.02. The van der Waals surface area contributed by atoms with Crippen molar-refractivity contribution in [2.75, 3.05) is 25.6 Å². The Hall–Kier alpha value is -2.02. The van der Waals surface area contributed by atoms with Crippen LogP contribution in [0, 0.1) is 25.2 Å². The van der Waals surface area contributed by atoms with E-state index in [4.69, 9.17) is 10.00 Å². The summed E-state index contributed by atoms with van der Waals surface area (Å²) in [4.78, 5) is 13.3. The number of ether oxygens (including phenoxy) is 1. The standard InChI is InChI=1S/C14H18N2O2/c1-10-7-11(2)14(18-4)13(8-10)16(3)9-12(17)5-6-15/h7-8H,5,9H2,1-4H3. The highest BCUT2D eigenvalue weighted by Crippen LogP contribution is 2.32. The molecule has 0 saturated heterocycles. The molecule has 0 radical (unpaired) electrons. The van der Waals surface area contributed by atoms with Crippen molar-refractivity contribution in [2.24, 2.45) is 0 Å². The molecular weight excluding hydrogens is 228 g/mol. The van der Waals surface area contributed by atoms with Crippen LogP contribution in [0.25, 0.3) is 0 Å². The van der Waals surface area contributed by atoms with Crippen molar-refractivity contribution in [3.8, 4) is 11.8 Å². The van der Waals surface area contributed by atoms with Gasteiger partial charge in [-0.1, -0.05) is 6.07 Å². The summed E-state index contributed by atoms with van der Waals surface area (Å²) in [7, 11) is 3.44. The Morgan fingerprint density at radius 2 is 2.11 bits per heavy atom. The number of likely N-dealkylation sites (N-methyl/N-ethyl adjacent to an activating group) is 1. The minimum Gasteiger partial charge on any atom is -0.494 e. The summed E-state index contributed by atoms with van der Waals surface area (Å²) in [5, 5.41) is 8.50. The summed E-state index contributed by atoms with van der Waals surface area (Å²) in [6.07, 6.45) is -0.0581. The quantitative estimate of drug-likeness (QED) is 0.799. The first-order chi connectivity index (χ1) is 8.49. The van der Waals surface area contributed by atoms with Gasteiger partial charge in [0.1, 0.15) is 5.75 Å². The fraction of sp³-hybridized carbons (Fsp3) is 0.429. The second-order valence-corrected chi connectivity index (χ2v) is 4.36. The molecule has 18 heavy (non-hydrogen) atoms. The number of rotatable bonds is 5. The first-order valence-corrected chi connectivity index (χ1v) is 5.74. The fourth-order valence-corrected chi connectivity index (χ4v) is 1.97. The topological polar surface area (TPSA) is 53.3 Å². The van der Waals surface area contributed by atoms with Gasteiger partial charge in [0.2, 0.25) is 0 Å². The second kappa shape index (κ2) is 6.06. The molecule has 0 fully saturated rings. The van der Waals surface area contributed by atoms with Crippen LogP contribution in [0.1, 0.15) is 17.5 Å². The van der Waals surface area contributed by atoms with Gasteiger partial charge >= 0.3 is 0 Å². The number of ketones is 1. The van der Waals surface area contributed by atoms with Crippen LogP contribution in [-0.2, 0) is 4.79 Å². The molecule has 1 aromatic carbocycles. The number of anilines is 1. The summed E-state index contributed by atoms with van der Waals surface area (Å²) in [6, 6.07) is 5.88. The number of benzene rings is 1. The van der Waals surface area contributed by atoms with Crippen LogP contribution in [0.4, 0.5) is 5.69 Å². The SMILES string of the molecule is COc1c(C)cc(C)cc1N(C)CC(=O)CC#N. The van der Waals surface area contributed by atoms with Crippen molar-refractivity contribution in [3.05, 3.63) is 23.3 Å². The Kier molecular flexibility index (Phi) is 4.73. The van der Waals surface area contributed by atoms with E-state index in [0.29, 0.717) is 0 Å². The number of hydrogen-bond donors (Lipinski definition) is 0. The molecule has 0 bridgehead atoms. The Labute approximate surface area is 108 Å². The molecule has 0 atom stereocenters. The zero-order chi connectivity index (χ0) is 13.7. The molecule has 4 nitrogen and oxygen atoms in total. The molecule has 0 aliphatic heterocycles. The van der Waals surface area contributed by atoms with Crippen LogP contribution in [0.2, 0.25) is 0 Å². The normalized spacial score (nSPS) is 9.72. The minimum absolute atomic E-state index is 0.0581. The molecule has 0 aromatic heterocycles. The second-order valence-electron chi connectivity index (χ2n) is 4.36. The third kappa shape index (κ3) is 3.24. The maximum absolute atomic E-state index is 11.5. The van der Waals surface area contributed by atoms with Crippen molar-refractivity contribution in [3.63, 3.8) is 0 Å². The number of methoxy groups -OCH3 is 1. The molecule has 0 amide bonds. The largest absolute Gasteiger partial charge is 0.494 e. The molecular formula is C14H18N2O2. The smallest absolute Gasteiger partial charge is 0.166 e. The highest BCUT2D eigenvalue weighted by atomic mass is 16.5. The van der Waals surface area contributed by atoms with E-state index >= 15 is 0 Å². The van der Waals surface area contributed by atoms with E-state index in [2.05, 4.69) is 0 Å². The van der Waals surface area contributed by atoms with Crippen molar-refractivity contribution in [2.45, 2.75) is 20.3 Å². The Morgan fingerprint density at radius 3 is 2.67 bits per heavy atom. The average molecular weight is 246 g/mol. The molecule has 96 valence electrons. The summed E-state index contributed by atoms with van der Waals surface area (Å²) < 4.78 is 5.38. The van der Waals surface area contributed by atoms with Gasteiger partial charge in [0, 0.05) is 7.05 Å². The third-order valence-corrected chi connectivity index (χ3v) is 2.70. The van der Waals surface area contributed by atoms with Crippen molar-refractivity contribution < 1.29 is 9.53 Å². The highest BCUT2D eigenvalue weighted by Gasteiger charge is 2.14. The number of aryl methyl sites for hydroxylation is 2. The zero-order valence-electron chi connectivity index (χ0n) is 11.3. The molecule has 0 unspecified atom stereocenters. The first-order valence-electron chi connectivity index (χ1n) is 5.74. The van der Waals surface area contributed by atoms with E-state index in [1.807, 2.05) is 44.0 Å². The summed E-state index contributed by atoms with van der Waals surface area (Å²) >= 11 is 0. The van der Waals surface area contributed by atoms with E-state index in [1.165, 1.54) is 0 Å². The van der Waals surface area contributed by atoms with Gasteiger partial charge < -0.3 is 9.64 Å². The highest BCUT2D eigenvalue weighted by molar-refractivity contribution is 5.85. The molecule has 4 heteroatoms. The maximum atomic E-state index is 11.5. The lowest BCUT2D eigenvalue weighted by atomic mass is 10.1. The zero-order valence-corrected chi connectivity index (χ0v) is 11.3. The number of Topliss-reactive ketones (excluding diaryl/α,β-unsaturated/α-hetero) is 1. The van der Waals surface area contributed by atoms with E-state index in [1.54, 1.807) is 7.11 Å². The van der Waals surface area contributed by atoms with Gasteiger partial charge in [0.05, 0.1) is 31.8 Å². The first kappa shape index (κ1) is 14.0. The van der Waals surface area contributed by atoms with Crippen LogP contribution in [-0.4, -0.2) is 26.5 Å². The van der Waals surface area contributed by atoms with Crippen LogP contribution in [0.3, 0.4) is 0 Å². The van der Waals surface area contributed by atoms with Gasteiger partial charge in [-0.05, 0) is 31.0 Å². The number of hydrogen-bond acceptors (Lipinski definition) is 4. The van der Waals surface area contributed by atoms with Crippen LogP contribution in [0.15, 0.2) is 12.1 Å². The minimum atomic E-state index is -0.0961. The van der Waals surface area contributed by atoms with Gasteiger partial charge in [-0.2, -0.15) is 5.26 Å². The molecule has 0 aliphatic rings. The molecule has 0 heterocycles. The van der Waals surface area contributed by atoms with E-state index < -0.39 is 0 Å². The van der Waals surface area contributed by atoms with E-state index in [-0.39, 0.29) is 18.7 Å².